The third kappa shape index (κ3) is 7.18. The molecule has 3 aromatic rings. The molecule has 0 aliphatic heterocycles. The van der Waals surface area contributed by atoms with E-state index in [-0.39, 0.29) is 12.4 Å². The van der Waals surface area contributed by atoms with Gasteiger partial charge in [0.1, 0.15) is 0 Å². The van der Waals surface area contributed by atoms with E-state index in [2.05, 4.69) is 95.8 Å². The van der Waals surface area contributed by atoms with Gasteiger partial charge in [-0.15, -0.1) is 12.4 Å². The summed E-state index contributed by atoms with van der Waals surface area (Å²) >= 11 is 0. The highest BCUT2D eigenvalue weighted by Gasteiger charge is 2.17. The summed E-state index contributed by atoms with van der Waals surface area (Å²) < 4.78 is 0. The highest BCUT2D eigenvalue weighted by atomic mass is 35.5. The van der Waals surface area contributed by atoms with Crippen LogP contribution in [0.25, 0.3) is 21.5 Å². The largest absolute Gasteiger partial charge is 0.387 e. The molecule has 0 saturated heterocycles. The maximum absolute atomic E-state index is 11.3. The van der Waals surface area contributed by atoms with E-state index in [1.807, 2.05) is 0 Å². The van der Waals surface area contributed by atoms with E-state index in [9.17, 15) is 5.11 Å². The first-order valence-electron chi connectivity index (χ1n) is 12.5. The SMILES string of the molecule is Cc1cc(C(O)CN(CCC(C)C)CCC(C)C)cc2c1ccc1cc(C(C)C)ccc12.Cl. The van der Waals surface area contributed by atoms with E-state index in [1.54, 1.807) is 0 Å². The Kier molecular flexibility index (Phi) is 10.2. The zero-order valence-corrected chi connectivity index (χ0v) is 22.5. The lowest BCUT2D eigenvalue weighted by Crippen LogP contribution is -2.32. The van der Waals surface area contributed by atoms with Gasteiger partial charge in [0, 0.05) is 6.54 Å². The summed E-state index contributed by atoms with van der Waals surface area (Å²) in [7, 11) is 0. The van der Waals surface area contributed by atoms with Crippen molar-refractivity contribution < 1.29 is 5.11 Å². The number of halogens is 1. The van der Waals surface area contributed by atoms with Crippen LogP contribution in [0.3, 0.4) is 0 Å². The molecule has 0 saturated carbocycles. The van der Waals surface area contributed by atoms with Crippen molar-refractivity contribution in [1.82, 2.24) is 4.90 Å². The average molecular weight is 470 g/mol. The number of aliphatic hydroxyl groups excluding tert-OH is 1. The second kappa shape index (κ2) is 12.2. The summed E-state index contributed by atoms with van der Waals surface area (Å²) in [4.78, 5) is 2.46. The standard InChI is InChI=1S/C30H43NO.ClH/c1-20(2)12-14-31(15-13-21(3)4)19-30(32)26-16-23(7)27-10-9-25-17-24(22(5)6)8-11-28(25)29(27)18-26;/h8-11,16-18,20-22,30,32H,12-15,19H2,1-7H3;1H. The third-order valence-electron chi connectivity index (χ3n) is 6.73. The lowest BCUT2D eigenvalue weighted by Gasteiger charge is -2.27. The third-order valence-corrected chi connectivity index (χ3v) is 6.73. The van der Waals surface area contributed by atoms with Crippen LogP contribution < -0.4 is 0 Å². The van der Waals surface area contributed by atoms with Crippen LogP contribution >= 0.6 is 12.4 Å². The molecule has 3 heteroatoms. The molecular weight excluding hydrogens is 426 g/mol. The van der Waals surface area contributed by atoms with E-state index in [1.165, 1.54) is 45.5 Å². The second-order valence-electron chi connectivity index (χ2n) is 10.8. The van der Waals surface area contributed by atoms with Crippen molar-refractivity contribution in [2.45, 2.75) is 73.3 Å². The van der Waals surface area contributed by atoms with Gasteiger partial charge in [0.05, 0.1) is 6.10 Å². The van der Waals surface area contributed by atoms with Crippen LogP contribution in [0.15, 0.2) is 42.5 Å². The van der Waals surface area contributed by atoms with Gasteiger partial charge < -0.3 is 10.0 Å². The first-order chi connectivity index (χ1) is 15.2. The molecule has 3 rings (SSSR count). The molecule has 0 spiro atoms. The maximum Gasteiger partial charge on any atom is 0.0917 e. The van der Waals surface area contributed by atoms with Gasteiger partial charge in [0.25, 0.3) is 0 Å². The highest BCUT2D eigenvalue weighted by Crippen LogP contribution is 2.32. The van der Waals surface area contributed by atoms with E-state index in [0.717, 1.165) is 18.7 Å². The van der Waals surface area contributed by atoms with E-state index in [0.29, 0.717) is 24.3 Å². The van der Waals surface area contributed by atoms with Crippen molar-refractivity contribution in [3.63, 3.8) is 0 Å². The number of fused-ring (bicyclic) bond motifs is 3. The first-order valence-corrected chi connectivity index (χ1v) is 12.5. The van der Waals surface area contributed by atoms with Crippen LogP contribution in [0.4, 0.5) is 0 Å². The predicted molar refractivity (Wildman–Crippen MR) is 148 cm³/mol. The fraction of sp³-hybridized carbons (Fsp3) is 0.533. The number of aliphatic hydroxyl groups is 1. The lowest BCUT2D eigenvalue weighted by molar-refractivity contribution is 0.107. The Bertz CT molecular complexity index is 1030. The molecule has 1 atom stereocenters. The van der Waals surface area contributed by atoms with Crippen molar-refractivity contribution in [1.29, 1.82) is 0 Å². The second-order valence-corrected chi connectivity index (χ2v) is 10.8. The monoisotopic (exact) mass is 469 g/mol. The topological polar surface area (TPSA) is 23.5 Å². The van der Waals surface area contributed by atoms with Gasteiger partial charge in [-0.3, -0.25) is 0 Å². The Morgan fingerprint density at radius 3 is 1.91 bits per heavy atom. The van der Waals surface area contributed by atoms with Crippen molar-refractivity contribution in [3.8, 4) is 0 Å². The molecule has 0 radical (unpaired) electrons. The molecule has 33 heavy (non-hydrogen) atoms. The van der Waals surface area contributed by atoms with Crippen LogP contribution in [-0.2, 0) is 0 Å². The first kappa shape index (κ1) is 27.6. The van der Waals surface area contributed by atoms with Crippen molar-refractivity contribution >= 4 is 34.0 Å². The smallest absolute Gasteiger partial charge is 0.0917 e. The molecule has 0 heterocycles. The number of nitrogens with zero attached hydrogens (tertiary/aromatic N) is 1. The van der Waals surface area contributed by atoms with E-state index < -0.39 is 6.10 Å². The normalized spacial score (nSPS) is 13.0. The molecular formula is C30H44ClNO. The maximum atomic E-state index is 11.3. The van der Waals surface area contributed by atoms with E-state index >= 15 is 0 Å². The van der Waals surface area contributed by atoms with Crippen molar-refractivity contribution in [2.24, 2.45) is 11.8 Å². The number of rotatable bonds is 10. The van der Waals surface area contributed by atoms with Gasteiger partial charge >= 0.3 is 0 Å². The van der Waals surface area contributed by atoms with Crippen LogP contribution in [0.5, 0.6) is 0 Å². The quantitative estimate of drug-likeness (QED) is 0.302. The lowest BCUT2D eigenvalue weighted by atomic mass is 9.92. The zero-order valence-electron chi connectivity index (χ0n) is 21.7. The van der Waals surface area contributed by atoms with Gasteiger partial charge in [-0.05, 0) is 94.9 Å². The van der Waals surface area contributed by atoms with Crippen molar-refractivity contribution in [2.75, 3.05) is 19.6 Å². The number of hydrogen-bond donors (Lipinski definition) is 1. The predicted octanol–water partition coefficient (Wildman–Crippen LogP) is 8.27. The summed E-state index contributed by atoms with van der Waals surface area (Å²) in [5.74, 6) is 1.88. The molecule has 182 valence electrons. The van der Waals surface area contributed by atoms with Gasteiger partial charge in [0.15, 0.2) is 0 Å². The molecule has 1 unspecified atom stereocenters. The van der Waals surface area contributed by atoms with Gasteiger partial charge in [-0.2, -0.15) is 0 Å². The van der Waals surface area contributed by atoms with Gasteiger partial charge in [-0.1, -0.05) is 77.9 Å². The fourth-order valence-corrected chi connectivity index (χ4v) is 4.49. The molecule has 1 N–H and O–H groups in total. The Balaban J connectivity index is 0.00000385. The number of hydrogen-bond acceptors (Lipinski definition) is 2. The molecule has 0 aromatic heterocycles. The highest BCUT2D eigenvalue weighted by molar-refractivity contribution is 6.08. The summed E-state index contributed by atoms with van der Waals surface area (Å²) in [6.07, 6.45) is 1.87. The summed E-state index contributed by atoms with van der Waals surface area (Å²) in [5, 5.41) is 16.3. The molecule has 0 aliphatic carbocycles. The minimum atomic E-state index is -0.470. The van der Waals surface area contributed by atoms with Crippen LogP contribution in [0.1, 0.15) is 83.1 Å². The van der Waals surface area contributed by atoms with Crippen molar-refractivity contribution in [3.05, 3.63) is 59.2 Å². The molecule has 2 nitrogen and oxygen atoms in total. The number of benzene rings is 3. The Morgan fingerprint density at radius 2 is 1.33 bits per heavy atom. The van der Waals surface area contributed by atoms with Crippen LogP contribution in [0, 0.1) is 18.8 Å². The molecule has 0 bridgehead atoms. The molecule has 0 fully saturated rings. The molecule has 0 amide bonds. The molecule has 0 aliphatic rings. The van der Waals surface area contributed by atoms with Gasteiger partial charge in [-0.25, -0.2) is 0 Å². The van der Waals surface area contributed by atoms with Gasteiger partial charge in [0.2, 0.25) is 0 Å². The summed E-state index contributed by atoms with van der Waals surface area (Å²) in [6, 6.07) is 15.7. The summed E-state index contributed by atoms with van der Waals surface area (Å²) in [5.41, 5.74) is 3.65. The van der Waals surface area contributed by atoms with Crippen LogP contribution in [-0.4, -0.2) is 29.6 Å². The fourth-order valence-electron chi connectivity index (χ4n) is 4.49. The Labute approximate surface area is 207 Å². The Hall–Kier alpha value is -1.61. The number of aryl methyl sites for hydroxylation is 1. The minimum Gasteiger partial charge on any atom is -0.387 e. The zero-order chi connectivity index (χ0) is 23.4. The minimum absolute atomic E-state index is 0. The summed E-state index contributed by atoms with van der Waals surface area (Å²) in [6.45, 7) is 18.6. The Morgan fingerprint density at radius 1 is 0.727 bits per heavy atom. The average Bonchev–Trinajstić information content (AvgIpc) is 2.74. The van der Waals surface area contributed by atoms with E-state index in [4.69, 9.17) is 0 Å². The van der Waals surface area contributed by atoms with Crippen LogP contribution in [0.2, 0.25) is 0 Å². The molecule has 3 aromatic carbocycles.